The molecular weight excluding hydrogens is 333 g/mol. The van der Waals surface area contributed by atoms with E-state index >= 15 is 0 Å². The summed E-state index contributed by atoms with van der Waals surface area (Å²) in [5.74, 6) is 0. The van der Waals surface area contributed by atoms with Crippen LogP contribution in [0.3, 0.4) is 0 Å². The average molecular weight is 377 g/mol. The van der Waals surface area contributed by atoms with Crippen molar-refractivity contribution in [1.82, 2.24) is 0 Å². The second-order valence-electron chi connectivity index (χ2n) is 8.95. The van der Waals surface area contributed by atoms with Gasteiger partial charge in [-0.05, 0) is 83.5 Å². The van der Waals surface area contributed by atoms with Gasteiger partial charge in [-0.25, -0.2) is 0 Å². The Morgan fingerprint density at radius 2 is 0.920 bits per heavy atom. The van der Waals surface area contributed by atoms with Gasteiger partial charge in [0, 0.05) is 7.26 Å². The summed E-state index contributed by atoms with van der Waals surface area (Å²) in [6.07, 6.45) is 28.5. The number of unbranched alkanes of at least 4 members (excludes halogenated alkanes) is 1. The Balaban J connectivity index is 0.00000208. The van der Waals surface area contributed by atoms with Crippen molar-refractivity contribution in [3.05, 3.63) is 0 Å². The zero-order valence-corrected chi connectivity index (χ0v) is 17.6. The van der Waals surface area contributed by atoms with Gasteiger partial charge >= 0.3 is 1.43 Å². The van der Waals surface area contributed by atoms with Crippen molar-refractivity contribution < 1.29 is 10.8 Å². The molecule has 3 aliphatic rings. The number of hydrogen-bond acceptors (Lipinski definition) is 0. The Labute approximate surface area is 157 Å². The van der Waals surface area contributed by atoms with Crippen molar-refractivity contribution in [1.29, 1.82) is 0 Å². The molecule has 0 spiro atoms. The predicted molar refractivity (Wildman–Crippen MR) is 108 cm³/mol. The van der Waals surface area contributed by atoms with Crippen LogP contribution in [0.1, 0.15) is 118 Å². The Morgan fingerprint density at radius 1 is 0.600 bits per heavy atom. The molecule has 0 amide bonds. The molecule has 0 aromatic rings. The summed E-state index contributed by atoms with van der Waals surface area (Å²) in [7, 11) is -0.739. The minimum atomic E-state index is -0.739. The highest BCUT2D eigenvalue weighted by molar-refractivity contribution is 7.77. The normalized spacial score (nSPS) is 24.4. The summed E-state index contributed by atoms with van der Waals surface area (Å²) >= 11 is 0. The molecule has 0 aromatic carbocycles. The smallest absolute Gasteiger partial charge is 1.00 e. The van der Waals surface area contributed by atoms with E-state index < -0.39 is 7.26 Å². The van der Waals surface area contributed by atoms with E-state index in [0.29, 0.717) is 0 Å². The quantitative estimate of drug-likeness (QED) is 0.622. The Morgan fingerprint density at radius 3 is 1.20 bits per heavy atom. The van der Waals surface area contributed by atoms with Gasteiger partial charge in [0.05, 0.1) is 23.1 Å². The van der Waals surface area contributed by atoms with Gasteiger partial charge in [0.2, 0.25) is 0 Å². The first-order valence-corrected chi connectivity index (χ1v) is 13.4. The minimum Gasteiger partial charge on any atom is -1.00 e. The fourth-order valence-electron chi connectivity index (χ4n) is 6.56. The van der Waals surface area contributed by atoms with E-state index in [1.54, 1.807) is 109 Å². The van der Waals surface area contributed by atoms with E-state index in [-0.39, 0.29) is 10.8 Å². The summed E-state index contributed by atoms with van der Waals surface area (Å²) in [5.41, 5.74) is 3.61. The fourth-order valence-corrected chi connectivity index (χ4v) is 14.3. The minimum absolute atomic E-state index is 0. The van der Waals surface area contributed by atoms with Gasteiger partial charge in [0.25, 0.3) is 0 Å². The number of rotatable bonds is 6. The van der Waals surface area contributed by atoms with Crippen molar-refractivity contribution in [2.75, 3.05) is 6.16 Å². The molecule has 3 rings (SSSR count). The molecule has 3 heteroatoms. The van der Waals surface area contributed by atoms with Crippen molar-refractivity contribution in [2.24, 2.45) is 0 Å². The topological polar surface area (TPSA) is 0 Å². The van der Waals surface area contributed by atoms with Crippen molar-refractivity contribution in [3.8, 4) is 0 Å². The standard InChI is InChI=1S/C22H42P.2FH/c1-2-3-19-23(20-13-7-4-8-14-20,21-15-9-5-10-16-21)22-17-11-6-12-18-22;;/h20-22H,2-19H2,1H3;2*1H/q+1;;/p-1. The van der Waals surface area contributed by atoms with Crippen LogP contribution in [0.15, 0.2) is 0 Å². The first-order valence-electron chi connectivity index (χ1n) is 11.2. The van der Waals surface area contributed by atoms with Crippen LogP contribution in [-0.2, 0) is 0 Å². The van der Waals surface area contributed by atoms with Crippen LogP contribution in [0.4, 0.5) is 0 Å². The highest BCUT2D eigenvalue weighted by Crippen LogP contribution is 2.77. The lowest BCUT2D eigenvalue weighted by molar-refractivity contribution is -0.00100. The maximum absolute atomic E-state index is 2.44. The third kappa shape index (κ3) is 5.40. The van der Waals surface area contributed by atoms with E-state index in [9.17, 15) is 0 Å². The van der Waals surface area contributed by atoms with Crippen LogP contribution in [0.5, 0.6) is 0 Å². The van der Waals surface area contributed by atoms with Gasteiger partial charge < -0.3 is 9.41 Å². The van der Waals surface area contributed by atoms with E-state index in [1.807, 2.05) is 0 Å². The molecule has 0 unspecified atom stereocenters. The van der Waals surface area contributed by atoms with E-state index in [1.165, 1.54) is 23.4 Å². The number of hydrogen-bond donors (Lipinski definition) is 0. The first-order chi connectivity index (χ1) is 11.4. The molecule has 0 nitrogen and oxygen atoms in total. The molecule has 0 aliphatic heterocycles. The molecule has 0 heterocycles. The summed E-state index contributed by atoms with van der Waals surface area (Å²) in [4.78, 5) is 0. The third-order valence-corrected chi connectivity index (χ3v) is 14.4. The Kier molecular flexibility index (Phi) is 11.1. The zero-order valence-electron chi connectivity index (χ0n) is 17.7. The Hall–Kier alpha value is 0.290. The van der Waals surface area contributed by atoms with Gasteiger partial charge in [-0.15, -0.1) is 0 Å². The van der Waals surface area contributed by atoms with Crippen LogP contribution in [0, 0.1) is 0 Å². The van der Waals surface area contributed by atoms with Gasteiger partial charge in [-0.2, -0.15) is 0 Å². The molecule has 3 saturated carbocycles. The van der Waals surface area contributed by atoms with Crippen molar-refractivity contribution >= 4 is 7.26 Å². The molecule has 0 radical (unpaired) electrons. The van der Waals surface area contributed by atoms with E-state index in [4.69, 9.17) is 0 Å². The fraction of sp³-hybridized carbons (Fsp3) is 1.00. The van der Waals surface area contributed by atoms with Crippen LogP contribution >= 0.6 is 7.26 Å². The third-order valence-electron chi connectivity index (χ3n) is 7.66. The van der Waals surface area contributed by atoms with E-state index in [2.05, 4.69) is 6.92 Å². The van der Waals surface area contributed by atoms with Crippen LogP contribution in [0.2, 0.25) is 0 Å². The SMILES string of the molecule is CCCC[P+](C1CCCCC1)(C1CCCCC1)C1CCCCC1.[F-].[F-].[H+]. The Bertz CT molecular complexity index is 289. The molecule has 0 saturated heterocycles. The summed E-state index contributed by atoms with van der Waals surface area (Å²) in [6, 6.07) is 0. The monoisotopic (exact) mass is 376 g/mol. The summed E-state index contributed by atoms with van der Waals surface area (Å²) < 4.78 is 0. The van der Waals surface area contributed by atoms with Gasteiger partial charge in [0.15, 0.2) is 0 Å². The number of halogens is 2. The van der Waals surface area contributed by atoms with Crippen LogP contribution in [-0.4, -0.2) is 23.1 Å². The largest absolute Gasteiger partial charge is 1.00 e. The van der Waals surface area contributed by atoms with E-state index in [0.717, 1.165) is 0 Å². The maximum atomic E-state index is 2.44. The lowest BCUT2D eigenvalue weighted by atomic mass is 9.99. The maximum Gasteiger partial charge on any atom is 1.00 e. The molecule has 25 heavy (non-hydrogen) atoms. The highest BCUT2D eigenvalue weighted by atomic mass is 31.2. The van der Waals surface area contributed by atoms with Gasteiger partial charge in [-0.1, -0.05) is 32.6 Å². The summed E-state index contributed by atoms with van der Waals surface area (Å²) in [6.45, 7) is 2.44. The highest BCUT2D eigenvalue weighted by Gasteiger charge is 2.56. The molecule has 150 valence electrons. The molecule has 0 bridgehead atoms. The summed E-state index contributed by atoms with van der Waals surface area (Å²) in [5, 5.41) is 0. The molecule has 0 N–H and O–H groups in total. The molecule has 0 aromatic heterocycles. The van der Waals surface area contributed by atoms with Gasteiger partial charge in [0.1, 0.15) is 0 Å². The lowest BCUT2D eigenvalue weighted by Gasteiger charge is -2.49. The molecule has 3 aliphatic carbocycles. The second-order valence-corrected chi connectivity index (χ2v) is 13.6. The average Bonchev–Trinajstić information content (AvgIpc) is 2.65. The first kappa shape index (κ1) is 23.3. The zero-order chi connectivity index (χ0) is 16.0. The molecule has 3 fully saturated rings. The second kappa shape index (κ2) is 11.9. The van der Waals surface area contributed by atoms with Crippen molar-refractivity contribution in [3.63, 3.8) is 0 Å². The molecule has 0 atom stereocenters. The van der Waals surface area contributed by atoms with Crippen LogP contribution in [0.25, 0.3) is 0 Å². The van der Waals surface area contributed by atoms with Crippen molar-refractivity contribution in [2.45, 2.75) is 133 Å². The molecular formula is C22H43F2P. The predicted octanol–water partition coefficient (Wildman–Crippen LogP) is 1.92. The van der Waals surface area contributed by atoms with Gasteiger partial charge in [-0.3, -0.25) is 0 Å². The lowest BCUT2D eigenvalue weighted by Crippen LogP contribution is -3.00. The van der Waals surface area contributed by atoms with Crippen LogP contribution < -0.4 is 9.41 Å².